The molecule has 1 aromatic heterocycles. The van der Waals surface area contributed by atoms with Crippen molar-refractivity contribution in [3.8, 4) is 0 Å². The molecule has 2 N–H and O–H groups in total. The van der Waals surface area contributed by atoms with E-state index in [4.69, 9.17) is 0 Å². The zero-order chi connectivity index (χ0) is 15.8. The van der Waals surface area contributed by atoms with Gasteiger partial charge in [-0.3, -0.25) is 4.68 Å². The van der Waals surface area contributed by atoms with Gasteiger partial charge >= 0.3 is 0 Å². The van der Waals surface area contributed by atoms with E-state index in [-0.39, 0.29) is 0 Å². The summed E-state index contributed by atoms with van der Waals surface area (Å²) in [5.74, 6) is 0.828. The van der Waals surface area contributed by atoms with Crippen LogP contribution in [0.2, 0.25) is 0 Å². The van der Waals surface area contributed by atoms with Gasteiger partial charge < -0.3 is 10.6 Å². The van der Waals surface area contributed by atoms with Crippen molar-refractivity contribution in [2.45, 2.75) is 33.4 Å². The predicted octanol–water partition coefficient (Wildman–Crippen LogP) is 2.24. The van der Waals surface area contributed by atoms with E-state index in [9.17, 15) is 0 Å². The highest BCUT2D eigenvalue weighted by atomic mass is 15.3. The molecular weight excluding hydrogens is 274 g/mol. The third-order valence-corrected chi connectivity index (χ3v) is 3.61. The molecule has 0 amide bonds. The Labute approximate surface area is 132 Å². The molecule has 0 bridgehead atoms. The Morgan fingerprint density at radius 1 is 1.14 bits per heavy atom. The maximum atomic E-state index is 4.69. The number of hydrogen-bond acceptors (Lipinski definition) is 2. The molecule has 118 valence electrons. The minimum absolute atomic E-state index is 0.685. The molecule has 5 heteroatoms. The average Bonchev–Trinajstić information content (AvgIpc) is 2.95. The van der Waals surface area contributed by atoms with Crippen LogP contribution in [0.1, 0.15) is 30.7 Å². The van der Waals surface area contributed by atoms with Gasteiger partial charge in [-0.2, -0.15) is 5.10 Å². The van der Waals surface area contributed by atoms with Crippen LogP contribution < -0.4 is 10.6 Å². The topological polar surface area (TPSA) is 54.2 Å². The lowest BCUT2D eigenvalue weighted by Crippen LogP contribution is -2.37. The van der Waals surface area contributed by atoms with Gasteiger partial charge in [0.2, 0.25) is 0 Å². The quantitative estimate of drug-likeness (QED) is 0.635. The molecule has 0 aliphatic heterocycles. The lowest BCUT2D eigenvalue weighted by Gasteiger charge is -2.12. The maximum Gasteiger partial charge on any atom is 0.191 e. The summed E-state index contributed by atoms with van der Waals surface area (Å²) < 4.78 is 1.86. The van der Waals surface area contributed by atoms with Crippen molar-refractivity contribution < 1.29 is 0 Å². The van der Waals surface area contributed by atoms with Gasteiger partial charge in [0.15, 0.2) is 5.96 Å². The third-order valence-electron chi connectivity index (χ3n) is 3.61. The summed E-state index contributed by atoms with van der Waals surface area (Å²) in [5.41, 5.74) is 3.76. The standard InChI is InChI=1S/C17H25N5/c1-4-14-8-6-7-9-15(14)12-19-17(18-5-2)20-13-16-10-11-21-22(16)3/h6-11H,4-5,12-13H2,1-3H3,(H2,18,19,20). The average molecular weight is 299 g/mol. The zero-order valence-corrected chi connectivity index (χ0v) is 13.6. The van der Waals surface area contributed by atoms with Gasteiger partial charge in [0.25, 0.3) is 0 Å². The number of rotatable bonds is 6. The van der Waals surface area contributed by atoms with Crippen LogP contribution in [-0.2, 0) is 26.6 Å². The van der Waals surface area contributed by atoms with Crippen LogP contribution in [-0.4, -0.2) is 22.3 Å². The number of aliphatic imine (C=N–C) groups is 1. The fraction of sp³-hybridized carbons (Fsp3) is 0.412. The van der Waals surface area contributed by atoms with Crippen molar-refractivity contribution >= 4 is 5.96 Å². The molecule has 22 heavy (non-hydrogen) atoms. The molecule has 0 radical (unpaired) electrons. The Hall–Kier alpha value is -2.30. The van der Waals surface area contributed by atoms with E-state index in [1.807, 2.05) is 17.8 Å². The van der Waals surface area contributed by atoms with Gasteiger partial charge in [-0.15, -0.1) is 0 Å². The smallest absolute Gasteiger partial charge is 0.191 e. The fourth-order valence-corrected chi connectivity index (χ4v) is 2.31. The van der Waals surface area contributed by atoms with Gasteiger partial charge in [0.1, 0.15) is 0 Å². The van der Waals surface area contributed by atoms with Crippen molar-refractivity contribution in [3.63, 3.8) is 0 Å². The van der Waals surface area contributed by atoms with Crippen molar-refractivity contribution in [1.82, 2.24) is 20.4 Å². The van der Waals surface area contributed by atoms with E-state index < -0.39 is 0 Å². The highest BCUT2D eigenvalue weighted by Crippen LogP contribution is 2.10. The Kier molecular flexibility index (Phi) is 6.01. The SMILES string of the molecule is CCNC(=NCc1ccccc1CC)NCc1ccnn1C. The van der Waals surface area contributed by atoms with Crippen LogP contribution in [0, 0.1) is 0 Å². The summed E-state index contributed by atoms with van der Waals surface area (Å²) in [5, 5.41) is 10.8. The van der Waals surface area contributed by atoms with Gasteiger partial charge in [-0.05, 0) is 30.5 Å². The monoisotopic (exact) mass is 299 g/mol. The van der Waals surface area contributed by atoms with Gasteiger partial charge in [0.05, 0.1) is 18.8 Å². The van der Waals surface area contributed by atoms with Crippen LogP contribution in [0.4, 0.5) is 0 Å². The molecule has 1 aromatic carbocycles. The van der Waals surface area contributed by atoms with E-state index in [2.05, 4.69) is 58.8 Å². The van der Waals surface area contributed by atoms with E-state index in [1.165, 1.54) is 11.1 Å². The van der Waals surface area contributed by atoms with Gasteiger partial charge in [-0.25, -0.2) is 4.99 Å². The molecular formula is C17H25N5. The minimum atomic E-state index is 0.685. The highest BCUT2D eigenvalue weighted by molar-refractivity contribution is 5.79. The fourth-order valence-electron chi connectivity index (χ4n) is 2.31. The van der Waals surface area contributed by atoms with E-state index in [1.54, 1.807) is 6.20 Å². The number of nitrogens with one attached hydrogen (secondary N) is 2. The summed E-state index contributed by atoms with van der Waals surface area (Å²) in [4.78, 5) is 4.69. The van der Waals surface area contributed by atoms with Crippen molar-refractivity contribution in [3.05, 3.63) is 53.3 Å². The van der Waals surface area contributed by atoms with E-state index >= 15 is 0 Å². The molecule has 2 aromatic rings. The second kappa shape index (κ2) is 8.22. The number of nitrogens with zero attached hydrogens (tertiary/aromatic N) is 3. The lowest BCUT2D eigenvalue weighted by atomic mass is 10.1. The first-order chi connectivity index (χ1) is 10.7. The molecule has 0 unspecified atom stereocenters. The first kappa shape index (κ1) is 16.1. The Bertz CT molecular complexity index is 615. The number of guanidine groups is 1. The van der Waals surface area contributed by atoms with Crippen LogP contribution in [0.3, 0.4) is 0 Å². The second-order valence-corrected chi connectivity index (χ2v) is 5.12. The molecule has 2 rings (SSSR count). The molecule has 0 aliphatic rings. The summed E-state index contributed by atoms with van der Waals surface area (Å²) in [6.45, 7) is 6.48. The largest absolute Gasteiger partial charge is 0.357 e. The molecule has 0 fully saturated rings. The third kappa shape index (κ3) is 4.35. The lowest BCUT2D eigenvalue weighted by molar-refractivity contribution is 0.684. The summed E-state index contributed by atoms with van der Waals surface area (Å²) in [6, 6.07) is 10.5. The molecule has 0 aliphatic carbocycles. The summed E-state index contributed by atoms with van der Waals surface area (Å²) >= 11 is 0. The number of aromatic nitrogens is 2. The molecule has 0 spiro atoms. The Morgan fingerprint density at radius 2 is 1.91 bits per heavy atom. The number of aryl methyl sites for hydroxylation is 2. The highest BCUT2D eigenvalue weighted by Gasteiger charge is 2.03. The molecule has 0 atom stereocenters. The normalized spacial score (nSPS) is 11.5. The van der Waals surface area contributed by atoms with Crippen molar-refractivity contribution in [2.75, 3.05) is 6.54 Å². The molecule has 1 heterocycles. The number of benzene rings is 1. The van der Waals surface area contributed by atoms with Crippen LogP contribution in [0.5, 0.6) is 0 Å². The Morgan fingerprint density at radius 3 is 2.55 bits per heavy atom. The molecule has 0 saturated heterocycles. The van der Waals surface area contributed by atoms with E-state index in [0.29, 0.717) is 13.1 Å². The Balaban J connectivity index is 2.02. The molecule has 0 saturated carbocycles. The number of hydrogen-bond donors (Lipinski definition) is 2. The minimum Gasteiger partial charge on any atom is -0.357 e. The summed E-state index contributed by atoms with van der Waals surface area (Å²) in [7, 11) is 1.94. The van der Waals surface area contributed by atoms with E-state index in [0.717, 1.165) is 24.6 Å². The van der Waals surface area contributed by atoms with Crippen molar-refractivity contribution in [1.29, 1.82) is 0 Å². The molecule has 5 nitrogen and oxygen atoms in total. The van der Waals surface area contributed by atoms with Gasteiger partial charge in [-0.1, -0.05) is 31.2 Å². The van der Waals surface area contributed by atoms with Crippen molar-refractivity contribution in [2.24, 2.45) is 12.0 Å². The van der Waals surface area contributed by atoms with Crippen LogP contribution in [0.15, 0.2) is 41.5 Å². The first-order valence-electron chi connectivity index (χ1n) is 7.80. The van der Waals surface area contributed by atoms with Gasteiger partial charge in [0, 0.05) is 19.8 Å². The first-order valence-corrected chi connectivity index (χ1v) is 7.80. The van der Waals surface area contributed by atoms with Crippen LogP contribution >= 0.6 is 0 Å². The maximum absolute atomic E-state index is 4.69. The summed E-state index contributed by atoms with van der Waals surface area (Å²) in [6.07, 6.45) is 2.84. The second-order valence-electron chi connectivity index (χ2n) is 5.12. The predicted molar refractivity (Wildman–Crippen MR) is 90.7 cm³/mol. The van der Waals surface area contributed by atoms with Crippen LogP contribution in [0.25, 0.3) is 0 Å². The zero-order valence-electron chi connectivity index (χ0n) is 13.6.